The maximum absolute atomic E-state index is 12.1. The molecule has 2 aromatic carbocycles. The van der Waals surface area contributed by atoms with Gasteiger partial charge in [0.05, 0.1) is 0 Å². The van der Waals surface area contributed by atoms with Gasteiger partial charge in [0.2, 0.25) is 5.91 Å². The Morgan fingerprint density at radius 2 is 1.64 bits per heavy atom. The van der Waals surface area contributed by atoms with Gasteiger partial charge < -0.3 is 5.32 Å². The molecular formula is C24H30N2O2. The van der Waals surface area contributed by atoms with Gasteiger partial charge in [0, 0.05) is 30.6 Å². The average Bonchev–Trinajstić information content (AvgIpc) is 2.72. The Kier molecular flexibility index (Phi) is 7.38. The van der Waals surface area contributed by atoms with E-state index in [-0.39, 0.29) is 11.7 Å². The molecule has 4 nitrogen and oxygen atoms in total. The highest BCUT2D eigenvalue weighted by Crippen LogP contribution is 2.19. The summed E-state index contributed by atoms with van der Waals surface area (Å²) in [5, 5.41) is 2.93. The molecule has 0 radical (unpaired) electrons. The molecule has 4 heteroatoms. The van der Waals surface area contributed by atoms with E-state index < -0.39 is 0 Å². The maximum atomic E-state index is 12.1. The maximum Gasteiger partial charge on any atom is 0.224 e. The van der Waals surface area contributed by atoms with E-state index >= 15 is 0 Å². The number of nitrogens with one attached hydrogen (secondary N) is 1. The Hall–Kier alpha value is -2.46. The summed E-state index contributed by atoms with van der Waals surface area (Å²) in [6.45, 7) is 5.64. The van der Waals surface area contributed by atoms with Crippen molar-refractivity contribution >= 4 is 17.4 Å². The summed E-state index contributed by atoms with van der Waals surface area (Å²) in [6.07, 6.45) is 3.87. The Balaban J connectivity index is 1.38. The van der Waals surface area contributed by atoms with Crippen molar-refractivity contribution in [3.8, 4) is 0 Å². The molecule has 0 atom stereocenters. The number of piperidine rings is 1. The van der Waals surface area contributed by atoms with Crippen LogP contribution in [0.1, 0.15) is 54.9 Å². The predicted molar refractivity (Wildman–Crippen MR) is 113 cm³/mol. The molecule has 1 amide bonds. The minimum atomic E-state index is -0.0429. The smallest absolute Gasteiger partial charge is 0.224 e. The van der Waals surface area contributed by atoms with Gasteiger partial charge in [0.1, 0.15) is 0 Å². The quantitative estimate of drug-likeness (QED) is 0.664. The van der Waals surface area contributed by atoms with Crippen LogP contribution in [0.15, 0.2) is 54.6 Å². The number of hydrogen-bond donors (Lipinski definition) is 1. The summed E-state index contributed by atoms with van der Waals surface area (Å²) in [4.78, 5) is 26.7. The van der Waals surface area contributed by atoms with Gasteiger partial charge in [-0.25, -0.2) is 0 Å². The van der Waals surface area contributed by atoms with Crippen molar-refractivity contribution in [1.29, 1.82) is 0 Å². The second kappa shape index (κ2) is 10.2. The summed E-state index contributed by atoms with van der Waals surface area (Å²) in [5.41, 5.74) is 2.80. The first-order valence-electron chi connectivity index (χ1n) is 10.3. The number of anilines is 1. The summed E-state index contributed by atoms with van der Waals surface area (Å²) >= 11 is 0. The van der Waals surface area contributed by atoms with Gasteiger partial charge in [0.25, 0.3) is 0 Å². The van der Waals surface area contributed by atoms with E-state index in [0.29, 0.717) is 24.8 Å². The number of carbonyl (C=O) groups is 2. The minimum Gasteiger partial charge on any atom is -0.326 e. The fraction of sp³-hybridized carbons (Fsp3) is 0.417. The molecule has 1 aliphatic rings. The second-order valence-corrected chi connectivity index (χ2v) is 7.85. The molecule has 0 saturated carbocycles. The monoisotopic (exact) mass is 378 g/mol. The number of rotatable bonds is 8. The second-order valence-electron chi connectivity index (χ2n) is 7.85. The fourth-order valence-electron chi connectivity index (χ4n) is 3.57. The van der Waals surface area contributed by atoms with Crippen molar-refractivity contribution in [3.05, 3.63) is 65.7 Å². The summed E-state index contributed by atoms with van der Waals surface area (Å²) < 4.78 is 0. The van der Waals surface area contributed by atoms with Gasteiger partial charge in [-0.3, -0.25) is 14.5 Å². The van der Waals surface area contributed by atoms with Crippen molar-refractivity contribution in [2.24, 2.45) is 5.92 Å². The number of likely N-dealkylation sites (tertiary alicyclic amines) is 1. The topological polar surface area (TPSA) is 49.4 Å². The zero-order valence-electron chi connectivity index (χ0n) is 16.7. The molecule has 1 saturated heterocycles. The van der Waals surface area contributed by atoms with E-state index in [0.717, 1.165) is 18.2 Å². The van der Waals surface area contributed by atoms with E-state index in [4.69, 9.17) is 0 Å². The number of amides is 1. The fourth-order valence-corrected chi connectivity index (χ4v) is 3.57. The van der Waals surface area contributed by atoms with E-state index in [1.54, 1.807) is 0 Å². The number of ketones is 1. The van der Waals surface area contributed by atoms with Gasteiger partial charge in [-0.2, -0.15) is 0 Å². The number of benzene rings is 2. The molecule has 1 fully saturated rings. The van der Waals surface area contributed by atoms with E-state index in [1.807, 2.05) is 42.5 Å². The minimum absolute atomic E-state index is 0.0429. The molecule has 28 heavy (non-hydrogen) atoms. The lowest BCUT2D eigenvalue weighted by molar-refractivity contribution is -0.116. The standard InChI is InChI=1S/C24H30N2O2/c1-19-14-16-26(17-15-19)18-20-10-12-22(13-11-20)25-24(28)9-5-8-23(27)21-6-3-2-4-7-21/h2-4,6-7,10-13,19H,5,8-9,14-18H2,1H3,(H,25,28). The zero-order valence-corrected chi connectivity index (χ0v) is 16.7. The molecule has 0 spiro atoms. The molecule has 148 valence electrons. The molecule has 0 unspecified atom stereocenters. The first-order chi connectivity index (χ1) is 13.6. The van der Waals surface area contributed by atoms with Crippen LogP contribution in [0.25, 0.3) is 0 Å². The molecule has 1 heterocycles. The molecule has 2 aromatic rings. The van der Waals surface area contributed by atoms with Crippen molar-refractivity contribution in [3.63, 3.8) is 0 Å². The number of carbonyl (C=O) groups excluding carboxylic acids is 2. The number of Topliss-reactive ketones (excluding diaryl/α,β-unsaturated/α-hetero) is 1. The van der Waals surface area contributed by atoms with Crippen LogP contribution < -0.4 is 5.32 Å². The lowest BCUT2D eigenvalue weighted by Gasteiger charge is -2.30. The van der Waals surface area contributed by atoms with Crippen LogP contribution in [0.5, 0.6) is 0 Å². The highest BCUT2D eigenvalue weighted by Gasteiger charge is 2.15. The lowest BCUT2D eigenvalue weighted by Crippen LogP contribution is -2.32. The molecule has 1 N–H and O–H groups in total. The van der Waals surface area contributed by atoms with E-state index in [2.05, 4.69) is 29.3 Å². The van der Waals surface area contributed by atoms with Crippen molar-refractivity contribution in [1.82, 2.24) is 4.90 Å². The molecule has 3 rings (SSSR count). The predicted octanol–water partition coefficient (Wildman–Crippen LogP) is 4.91. The van der Waals surface area contributed by atoms with Crippen molar-refractivity contribution in [2.75, 3.05) is 18.4 Å². The third-order valence-corrected chi connectivity index (χ3v) is 5.42. The van der Waals surface area contributed by atoms with Gasteiger partial charge in [-0.05, 0) is 56.0 Å². The third-order valence-electron chi connectivity index (χ3n) is 5.42. The Morgan fingerprint density at radius 1 is 0.964 bits per heavy atom. The average molecular weight is 379 g/mol. The highest BCUT2D eigenvalue weighted by atomic mass is 16.1. The van der Waals surface area contributed by atoms with Gasteiger partial charge in [-0.1, -0.05) is 49.4 Å². The largest absolute Gasteiger partial charge is 0.326 e. The lowest BCUT2D eigenvalue weighted by atomic mass is 9.99. The van der Waals surface area contributed by atoms with Crippen LogP contribution in [0.3, 0.4) is 0 Å². The van der Waals surface area contributed by atoms with Crippen LogP contribution in [0, 0.1) is 5.92 Å². The summed E-state index contributed by atoms with van der Waals surface area (Å²) in [6, 6.07) is 17.3. The molecule has 1 aliphatic heterocycles. The van der Waals surface area contributed by atoms with Crippen molar-refractivity contribution < 1.29 is 9.59 Å². The zero-order chi connectivity index (χ0) is 19.8. The van der Waals surface area contributed by atoms with E-state index in [9.17, 15) is 9.59 Å². The number of nitrogens with zero attached hydrogens (tertiary/aromatic N) is 1. The number of hydrogen-bond acceptors (Lipinski definition) is 3. The molecule has 0 aromatic heterocycles. The summed E-state index contributed by atoms with van der Waals surface area (Å²) in [5.74, 6) is 0.889. The SMILES string of the molecule is CC1CCN(Cc2ccc(NC(=O)CCCC(=O)c3ccccc3)cc2)CC1. The van der Waals surface area contributed by atoms with Crippen molar-refractivity contribution in [2.45, 2.75) is 45.6 Å². The summed E-state index contributed by atoms with van der Waals surface area (Å²) in [7, 11) is 0. The Bertz CT molecular complexity index is 763. The van der Waals surface area contributed by atoms with Gasteiger partial charge >= 0.3 is 0 Å². The Morgan fingerprint density at radius 3 is 2.32 bits per heavy atom. The van der Waals surface area contributed by atoms with Gasteiger partial charge in [0.15, 0.2) is 5.78 Å². The van der Waals surface area contributed by atoms with Gasteiger partial charge in [-0.15, -0.1) is 0 Å². The Labute approximate surface area is 167 Å². The van der Waals surface area contributed by atoms with Crippen LogP contribution in [-0.4, -0.2) is 29.7 Å². The van der Waals surface area contributed by atoms with Crippen LogP contribution in [0.4, 0.5) is 5.69 Å². The normalized spacial score (nSPS) is 15.3. The first kappa shape index (κ1) is 20.3. The first-order valence-corrected chi connectivity index (χ1v) is 10.3. The van der Waals surface area contributed by atoms with Crippen LogP contribution in [0.2, 0.25) is 0 Å². The van der Waals surface area contributed by atoms with Crippen LogP contribution >= 0.6 is 0 Å². The molecule has 0 bridgehead atoms. The molecule has 0 aliphatic carbocycles. The third kappa shape index (κ3) is 6.31. The highest BCUT2D eigenvalue weighted by molar-refractivity contribution is 5.96. The van der Waals surface area contributed by atoms with Crippen LogP contribution in [-0.2, 0) is 11.3 Å². The molecular weight excluding hydrogens is 348 g/mol. The van der Waals surface area contributed by atoms with E-state index in [1.165, 1.54) is 31.5 Å².